The highest BCUT2D eigenvalue weighted by molar-refractivity contribution is 6.67. The summed E-state index contributed by atoms with van der Waals surface area (Å²) in [5.41, 5.74) is 10.8. The normalized spacial score (nSPS) is 15.4. The zero-order valence-electron chi connectivity index (χ0n) is 40.6. The zero-order valence-corrected chi connectivity index (χ0v) is 41.4. The van der Waals surface area contributed by atoms with E-state index >= 15 is 4.39 Å². The number of hydrogen-bond donors (Lipinski definition) is 1. The van der Waals surface area contributed by atoms with Crippen molar-refractivity contribution in [1.29, 1.82) is 0 Å². The van der Waals surface area contributed by atoms with Gasteiger partial charge >= 0.3 is 0 Å². The molecular weight excluding hydrogens is 1030 g/mol. The van der Waals surface area contributed by atoms with E-state index in [9.17, 15) is 22.8 Å². The number of nitrogens with zero attached hydrogens (tertiary/aromatic N) is 12. The molecule has 8 aromatic heterocycles. The predicted molar refractivity (Wildman–Crippen MR) is 269 cm³/mol. The molecule has 19 nitrogen and oxygen atoms in total. The van der Waals surface area contributed by atoms with E-state index in [1.54, 1.807) is 43.2 Å². The Kier molecular flexibility index (Phi) is 15.8. The Hall–Kier alpha value is -8.67. The molecule has 0 radical (unpaired) electrons. The lowest BCUT2D eigenvalue weighted by molar-refractivity contribution is -0.0299. The van der Waals surface area contributed by atoms with Crippen LogP contribution in [0.4, 0.5) is 23.2 Å². The third kappa shape index (κ3) is 11.3. The Labute approximate surface area is 439 Å². The summed E-state index contributed by atoms with van der Waals surface area (Å²) in [5, 5.41) is 6.14. The van der Waals surface area contributed by atoms with E-state index < -0.39 is 34.3 Å². The van der Waals surface area contributed by atoms with Crippen LogP contribution in [0.3, 0.4) is 0 Å². The Bertz CT molecular complexity index is 3700. The number of hydrogen-bond acceptors (Lipinski definition) is 17. The molecule has 0 saturated carbocycles. The minimum absolute atomic E-state index is 0.00753. The van der Waals surface area contributed by atoms with Crippen molar-refractivity contribution in [3.8, 4) is 22.5 Å². The standard InChI is InChI=1S/C27H22F2N6O3.C22H20F2N6O.C4H2ClNO2/c28-19-7-6-16(12-21(36)22-8-10-34-38-22)24(29)18(19)13-20-17(4-3-9-30-20)25-26-27(32-14-31-25)35(15-33-26)23-5-1-2-11-37-23;23-15-6-7-16(25)19(24)14(15)10-17-13(4-3-8-26-17)20-21-22(28-11-27-20)30(12-29-21)18-5-1-2-9-31-18;5-4(7)3-1-2-6-8-3/h3-4,6-10,14-15,23H,1-2,5,11-13H2;3-4,6-8,11-12,18H,1-2,5,9-10,25H2;1-2H. The summed E-state index contributed by atoms with van der Waals surface area (Å²) in [7, 11) is 0. The maximum Gasteiger partial charge on any atom is 0.290 e. The van der Waals surface area contributed by atoms with Crippen molar-refractivity contribution in [3.63, 3.8) is 0 Å². The topological polar surface area (TPSA) is 244 Å². The fourth-order valence-corrected chi connectivity index (χ4v) is 9.09. The number of nitrogen functional groups attached to an aromatic ring is 1. The van der Waals surface area contributed by atoms with Crippen molar-refractivity contribution in [2.75, 3.05) is 18.9 Å². The molecule has 2 aromatic carbocycles. The smallest absolute Gasteiger partial charge is 0.290 e. The first-order valence-electron chi connectivity index (χ1n) is 24.2. The number of imidazole rings is 2. The van der Waals surface area contributed by atoms with E-state index in [2.05, 4.69) is 54.7 Å². The van der Waals surface area contributed by atoms with Crippen LogP contribution in [-0.2, 0) is 28.7 Å². The molecule has 0 spiro atoms. The van der Waals surface area contributed by atoms with E-state index in [1.165, 1.54) is 49.3 Å². The molecule has 2 aliphatic rings. The van der Waals surface area contributed by atoms with Gasteiger partial charge in [-0.2, -0.15) is 0 Å². The number of nitrogens with two attached hydrogens (primary N) is 1. The van der Waals surface area contributed by atoms with E-state index in [0.717, 1.165) is 50.7 Å². The van der Waals surface area contributed by atoms with Crippen LogP contribution >= 0.6 is 11.6 Å². The first-order valence-corrected chi connectivity index (χ1v) is 24.6. The van der Waals surface area contributed by atoms with Gasteiger partial charge in [-0.3, -0.25) is 28.7 Å². The molecule has 77 heavy (non-hydrogen) atoms. The van der Waals surface area contributed by atoms with Crippen LogP contribution in [0.2, 0.25) is 0 Å². The summed E-state index contributed by atoms with van der Waals surface area (Å²) >= 11 is 4.97. The van der Waals surface area contributed by atoms with E-state index in [-0.39, 0.29) is 65.6 Å². The molecule has 24 heteroatoms. The van der Waals surface area contributed by atoms with Gasteiger partial charge in [-0.05, 0) is 98.2 Å². The Morgan fingerprint density at radius 2 is 1.12 bits per heavy atom. The molecule has 12 rings (SSSR count). The van der Waals surface area contributed by atoms with Crippen molar-refractivity contribution >= 4 is 50.6 Å². The largest absolute Gasteiger partial charge is 0.396 e. The molecule has 2 aliphatic heterocycles. The fourth-order valence-electron chi connectivity index (χ4n) is 8.99. The van der Waals surface area contributed by atoms with Gasteiger partial charge in [0, 0.05) is 79.3 Å². The van der Waals surface area contributed by atoms with Crippen LogP contribution in [0.1, 0.15) is 100 Å². The van der Waals surface area contributed by atoms with E-state index in [1.807, 2.05) is 15.2 Å². The van der Waals surface area contributed by atoms with Crippen LogP contribution in [0.5, 0.6) is 0 Å². The summed E-state index contributed by atoms with van der Waals surface area (Å²) in [6.45, 7) is 1.38. The molecule has 392 valence electrons. The number of Topliss-reactive ketones (excluding diaryl/α,β-unsaturated/α-hetero) is 1. The molecule has 2 unspecified atom stereocenters. The van der Waals surface area contributed by atoms with Crippen LogP contribution in [0.15, 0.2) is 120 Å². The van der Waals surface area contributed by atoms with Crippen LogP contribution < -0.4 is 5.73 Å². The quantitative estimate of drug-likeness (QED) is 0.0517. The number of ketones is 1. The number of ether oxygens (including phenoxy) is 2. The summed E-state index contributed by atoms with van der Waals surface area (Å²) in [5.74, 6) is -3.36. The molecule has 2 fully saturated rings. The van der Waals surface area contributed by atoms with E-state index in [0.29, 0.717) is 69.4 Å². The molecule has 0 amide bonds. The lowest BCUT2D eigenvalue weighted by atomic mass is 9.97. The second kappa shape index (κ2) is 23.5. The molecule has 2 atom stereocenters. The third-order valence-corrected chi connectivity index (χ3v) is 13.0. The monoisotopic (exact) mass is 1070 g/mol. The van der Waals surface area contributed by atoms with Gasteiger partial charge in [-0.1, -0.05) is 16.4 Å². The van der Waals surface area contributed by atoms with Crippen LogP contribution in [0.25, 0.3) is 44.8 Å². The van der Waals surface area contributed by atoms with E-state index in [4.69, 9.17) is 31.3 Å². The van der Waals surface area contributed by atoms with Crippen molar-refractivity contribution in [2.45, 2.75) is 70.2 Å². The summed E-state index contributed by atoms with van der Waals surface area (Å²) in [4.78, 5) is 58.2. The first kappa shape index (κ1) is 51.8. The fraction of sp³-hybridized carbons (Fsp3) is 0.245. The van der Waals surface area contributed by atoms with Gasteiger partial charge in [0.2, 0.25) is 17.3 Å². The highest BCUT2D eigenvalue weighted by atomic mass is 35.5. The Morgan fingerprint density at radius 3 is 1.60 bits per heavy atom. The summed E-state index contributed by atoms with van der Waals surface area (Å²) in [6.07, 6.45) is 17.2. The van der Waals surface area contributed by atoms with Crippen molar-refractivity contribution in [1.82, 2.24) is 59.3 Å². The van der Waals surface area contributed by atoms with Gasteiger partial charge in [0.1, 0.15) is 65.0 Å². The molecule has 0 aliphatic carbocycles. The van der Waals surface area contributed by atoms with Gasteiger partial charge in [0.05, 0.1) is 42.1 Å². The molecule has 2 N–H and O–H groups in total. The number of carbonyl (C=O) groups excluding carboxylic acids is 2. The van der Waals surface area contributed by atoms with Crippen molar-refractivity contribution in [3.05, 3.63) is 174 Å². The maximum absolute atomic E-state index is 15.5. The van der Waals surface area contributed by atoms with Crippen molar-refractivity contribution < 1.29 is 45.7 Å². The summed E-state index contributed by atoms with van der Waals surface area (Å²) in [6, 6.07) is 14.6. The highest BCUT2D eigenvalue weighted by Crippen LogP contribution is 2.34. The first-order chi connectivity index (χ1) is 37.5. The van der Waals surface area contributed by atoms with Crippen molar-refractivity contribution in [2.24, 2.45) is 0 Å². The molecule has 2 saturated heterocycles. The molecule has 10 heterocycles. The van der Waals surface area contributed by atoms with Gasteiger partial charge in [0.15, 0.2) is 17.1 Å². The number of anilines is 1. The lowest BCUT2D eigenvalue weighted by Crippen LogP contribution is -2.17. The Morgan fingerprint density at radius 1 is 0.597 bits per heavy atom. The molecular formula is C53H44ClF4N13O6. The van der Waals surface area contributed by atoms with Crippen LogP contribution in [0, 0.1) is 23.3 Å². The highest BCUT2D eigenvalue weighted by Gasteiger charge is 2.26. The van der Waals surface area contributed by atoms with Crippen LogP contribution in [-0.4, -0.2) is 83.6 Å². The van der Waals surface area contributed by atoms with Gasteiger partial charge in [0.25, 0.3) is 5.24 Å². The average Bonchev–Trinajstić information content (AvgIpc) is 4.35. The van der Waals surface area contributed by atoms with Gasteiger partial charge in [-0.25, -0.2) is 47.5 Å². The molecule has 10 aromatic rings. The number of halogens is 5. The van der Waals surface area contributed by atoms with Gasteiger partial charge < -0.3 is 24.3 Å². The average molecular weight is 1070 g/mol. The SMILES string of the molecule is Nc1ccc(F)c(Cc2ncccc2-c2ncnc3c2ncn3C2CCCCO2)c1F.O=C(Cc1ccc(F)c(Cc2ncccc2-c2ncnc3c2ncn3C2CCCCO2)c1F)c1ccno1.O=C(Cl)c1ccno1. The number of rotatable bonds is 12. The predicted octanol–water partition coefficient (Wildman–Crippen LogP) is 9.96. The number of fused-ring (bicyclic) bond motifs is 2. The van der Waals surface area contributed by atoms with Gasteiger partial charge in [-0.15, -0.1) is 0 Å². The summed E-state index contributed by atoms with van der Waals surface area (Å²) < 4.78 is 84.0. The third-order valence-electron chi connectivity index (χ3n) is 12.8. The Balaban J connectivity index is 0.000000155. The maximum atomic E-state index is 15.5. The minimum atomic E-state index is -0.805. The second-order valence-electron chi connectivity index (χ2n) is 17.6. The number of pyridine rings is 2. The number of carbonyl (C=O) groups is 2. The number of aromatic nitrogens is 12. The lowest BCUT2D eigenvalue weighted by Gasteiger charge is -2.23. The number of benzene rings is 2. The minimum Gasteiger partial charge on any atom is -0.396 e. The molecule has 0 bridgehead atoms. The zero-order chi connectivity index (χ0) is 53.4. The second-order valence-corrected chi connectivity index (χ2v) is 18.0.